The summed E-state index contributed by atoms with van der Waals surface area (Å²) in [5.41, 5.74) is -0.313. The molecular weight excluding hydrogens is 608 g/mol. The molecule has 216 valence electrons. The molecule has 0 saturated heterocycles. The van der Waals surface area contributed by atoms with Gasteiger partial charge in [-0.05, 0) is 54.8 Å². The highest BCUT2D eigenvalue weighted by atomic mass is 35.5. The maximum Gasteiger partial charge on any atom is 0.493 e. The van der Waals surface area contributed by atoms with Crippen molar-refractivity contribution in [3.8, 4) is 0 Å². The first-order valence-electron chi connectivity index (χ1n) is 12.3. The molecule has 0 radical (unpaired) electrons. The molecule has 1 aliphatic carbocycles. The lowest BCUT2D eigenvalue weighted by Gasteiger charge is -2.37. The van der Waals surface area contributed by atoms with Gasteiger partial charge in [0.1, 0.15) is 11.6 Å². The van der Waals surface area contributed by atoms with Crippen molar-refractivity contribution in [3.05, 3.63) is 80.8 Å². The van der Waals surface area contributed by atoms with Gasteiger partial charge in [0.25, 0.3) is 0 Å². The van der Waals surface area contributed by atoms with Crippen LogP contribution >= 0.6 is 35.0 Å². The van der Waals surface area contributed by atoms with E-state index in [2.05, 4.69) is 30.4 Å². The highest BCUT2D eigenvalue weighted by molar-refractivity contribution is 8.00. The first-order chi connectivity index (χ1) is 19.5. The molecular formula is C25H21Cl2F3N6O4S. The van der Waals surface area contributed by atoms with E-state index >= 15 is 0 Å². The van der Waals surface area contributed by atoms with E-state index in [9.17, 15) is 22.8 Å². The fraction of sp³-hybridized carbons (Fsp3) is 0.320. The number of rotatable bonds is 8. The zero-order valence-electron chi connectivity index (χ0n) is 21.0. The maximum atomic E-state index is 12.8. The van der Waals surface area contributed by atoms with Crippen molar-refractivity contribution in [2.75, 3.05) is 5.32 Å². The number of thioether (sulfide) groups is 1. The van der Waals surface area contributed by atoms with E-state index < -0.39 is 23.3 Å². The summed E-state index contributed by atoms with van der Waals surface area (Å²) < 4.78 is 43.5. The summed E-state index contributed by atoms with van der Waals surface area (Å²) >= 11 is 14.1. The zero-order valence-corrected chi connectivity index (χ0v) is 23.3. The van der Waals surface area contributed by atoms with Crippen LogP contribution in [0.5, 0.6) is 0 Å². The number of aromatic amines is 1. The topological polar surface area (TPSA) is 128 Å². The highest BCUT2D eigenvalue weighted by Gasteiger charge is 2.45. The second kappa shape index (κ2) is 11.8. The van der Waals surface area contributed by atoms with Crippen LogP contribution in [0.25, 0.3) is 0 Å². The molecule has 41 heavy (non-hydrogen) atoms. The Balaban J connectivity index is 1.42. The lowest BCUT2D eigenvalue weighted by molar-refractivity contribution is -0.202. The van der Waals surface area contributed by atoms with E-state index in [4.69, 9.17) is 27.6 Å². The van der Waals surface area contributed by atoms with E-state index in [0.29, 0.717) is 53.1 Å². The van der Waals surface area contributed by atoms with Crippen molar-refractivity contribution in [1.29, 1.82) is 0 Å². The van der Waals surface area contributed by atoms with Crippen molar-refractivity contribution in [1.82, 2.24) is 25.1 Å². The number of benzene rings is 1. The molecule has 1 aromatic carbocycles. The van der Waals surface area contributed by atoms with Crippen LogP contribution in [0.3, 0.4) is 0 Å². The van der Waals surface area contributed by atoms with Crippen LogP contribution in [-0.2, 0) is 16.6 Å². The van der Waals surface area contributed by atoms with E-state index in [0.717, 1.165) is 4.90 Å². The van der Waals surface area contributed by atoms with Crippen LogP contribution in [-0.4, -0.2) is 42.5 Å². The first-order valence-corrected chi connectivity index (χ1v) is 13.9. The summed E-state index contributed by atoms with van der Waals surface area (Å²) in [4.78, 5) is 33.3. The van der Waals surface area contributed by atoms with Gasteiger partial charge in [-0.3, -0.25) is 5.10 Å². The van der Waals surface area contributed by atoms with Crippen LogP contribution in [0.2, 0.25) is 10.0 Å². The third-order valence-electron chi connectivity index (χ3n) is 6.57. The Hall–Kier alpha value is -3.49. The van der Waals surface area contributed by atoms with Crippen molar-refractivity contribution in [3.63, 3.8) is 0 Å². The lowest BCUT2D eigenvalue weighted by Crippen LogP contribution is -2.38. The number of aromatic nitrogens is 5. The molecule has 2 N–H and O–H groups in total. The van der Waals surface area contributed by atoms with Crippen LogP contribution < -0.4 is 15.9 Å². The average molecular weight is 629 g/mol. The van der Waals surface area contributed by atoms with Crippen LogP contribution in [0.1, 0.15) is 37.3 Å². The van der Waals surface area contributed by atoms with Crippen molar-refractivity contribution >= 4 is 52.6 Å². The Labute approximate surface area is 244 Å². The SMILES string of the molecule is O=C(On1nc(C2(Cc3cccc(Nc4ccn[nH]4)n3)CCC(Sc3cccc(Cl)c3Cl)CC2)oc1=O)C(F)(F)F. The number of alkyl halides is 3. The number of halogens is 5. The van der Waals surface area contributed by atoms with Gasteiger partial charge in [0.05, 0.1) is 21.7 Å². The maximum absolute atomic E-state index is 12.8. The Morgan fingerprint density at radius 1 is 1.20 bits per heavy atom. The van der Waals surface area contributed by atoms with E-state index in [1.54, 1.807) is 48.3 Å². The summed E-state index contributed by atoms with van der Waals surface area (Å²) in [6.07, 6.45) is -1.37. The monoisotopic (exact) mass is 628 g/mol. The summed E-state index contributed by atoms with van der Waals surface area (Å²) in [6.45, 7) is 0. The Morgan fingerprint density at radius 3 is 2.66 bits per heavy atom. The minimum atomic E-state index is -5.32. The van der Waals surface area contributed by atoms with Gasteiger partial charge in [0, 0.05) is 28.3 Å². The molecule has 0 amide bonds. The summed E-state index contributed by atoms with van der Waals surface area (Å²) in [6, 6.07) is 12.4. The fourth-order valence-corrected chi connectivity index (χ4v) is 6.30. The highest BCUT2D eigenvalue weighted by Crippen LogP contribution is 2.47. The van der Waals surface area contributed by atoms with Gasteiger partial charge in [0.2, 0.25) is 5.89 Å². The van der Waals surface area contributed by atoms with Crippen molar-refractivity contribution < 1.29 is 27.2 Å². The van der Waals surface area contributed by atoms with Crippen LogP contribution in [0.4, 0.5) is 24.8 Å². The number of carbonyl (C=O) groups excluding carboxylic acids is 1. The second-order valence-electron chi connectivity index (χ2n) is 9.36. The lowest BCUT2D eigenvalue weighted by atomic mass is 9.70. The normalized spacial score (nSPS) is 19.2. The molecule has 1 saturated carbocycles. The summed E-state index contributed by atoms with van der Waals surface area (Å²) in [5.74, 6) is -2.94. The van der Waals surface area contributed by atoms with Gasteiger partial charge < -0.3 is 14.6 Å². The average Bonchev–Trinajstić information content (AvgIpc) is 3.57. The second-order valence-corrected chi connectivity index (χ2v) is 11.5. The molecule has 5 rings (SSSR count). The first kappa shape index (κ1) is 29.0. The van der Waals surface area contributed by atoms with Crippen molar-refractivity contribution in [2.45, 2.75) is 53.8 Å². The largest absolute Gasteiger partial charge is 0.493 e. The van der Waals surface area contributed by atoms with E-state index in [-0.39, 0.29) is 22.4 Å². The molecule has 3 heterocycles. The number of nitrogens with zero attached hydrogens (tertiary/aromatic N) is 4. The van der Waals surface area contributed by atoms with Gasteiger partial charge in [-0.1, -0.05) is 40.4 Å². The van der Waals surface area contributed by atoms with Gasteiger partial charge in [-0.2, -0.15) is 18.3 Å². The molecule has 3 aromatic heterocycles. The van der Waals surface area contributed by atoms with E-state index in [1.807, 2.05) is 12.1 Å². The van der Waals surface area contributed by atoms with Crippen LogP contribution in [0.15, 0.2) is 62.8 Å². The van der Waals surface area contributed by atoms with E-state index in [1.165, 1.54) is 0 Å². The molecule has 0 atom stereocenters. The zero-order chi connectivity index (χ0) is 29.2. The van der Waals surface area contributed by atoms with Gasteiger partial charge in [-0.25, -0.2) is 14.6 Å². The quantitative estimate of drug-likeness (QED) is 0.251. The number of nitrogens with one attached hydrogen (secondary N) is 2. The number of carbonyl (C=O) groups is 1. The Morgan fingerprint density at radius 2 is 1.95 bits per heavy atom. The third kappa shape index (κ3) is 6.71. The van der Waals surface area contributed by atoms with Crippen LogP contribution in [0, 0.1) is 0 Å². The van der Waals surface area contributed by atoms with Gasteiger partial charge in [0.15, 0.2) is 0 Å². The molecule has 4 aromatic rings. The Bertz CT molecular complexity index is 1590. The molecule has 10 nitrogen and oxygen atoms in total. The number of anilines is 2. The number of hydrogen-bond donors (Lipinski definition) is 2. The molecule has 1 aliphatic rings. The Kier molecular flexibility index (Phi) is 8.34. The predicted octanol–water partition coefficient (Wildman–Crippen LogP) is 5.74. The van der Waals surface area contributed by atoms with Crippen molar-refractivity contribution in [2.24, 2.45) is 0 Å². The minimum absolute atomic E-state index is 0.0663. The molecule has 0 bridgehead atoms. The molecule has 0 spiro atoms. The third-order valence-corrected chi connectivity index (χ3v) is 8.90. The summed E-state index contributed by atoms with van der Waals surface area (Å²) in [7, 11) is 0. The van der Waals surface area contributed by atoms with Gasteiger partial charge in [-0.15, -0.1) is 11.8 Å². The van der Waals surface area contributed by atoms with Gasteiger partial charge >= 0.3 is 17.9 Å². The molecule has 16 heteroatoms. The fourth-order valence-electron chi connectivity index (χ4n) is 4.61. The summed E-state index contributed by atoms with van der Waals surface area (Å²) in [5, 5.41) is 14.6. The molecule has 0 unspecified atom stereocenters. The molecule has 1 fully saturated rings. The smallest absolute Gasteiger partial charge is 0.389 e. The number of pyridine rings is 1. The number of H-pyrrole nitrogens is 1. The number of hydrogen-bond acceptors (Lipinski definition) is 9. The molecule has 0 aliphatic heterocycles. The predicted molar refractivity (Wildman–Crippen MR) is 144 cm³/mol. The standard InChI is InChI=1S/C25H21Cl2F3N6O4S/c26-16-4-2-5-17(20(16)27)41-15-7-10-24(11-8-15,21-35-36(23(38)39-21)40-22(37)25(28,29)30)13-14-3-1-6-18(32-14)33-19-9-12-31-34-19/h1-6,9,12,15H,7-8,10-11,13H2,(H2,31,32,33,34). The minimum Gasteiger partial charge on any atom is -0.389 e.